The van der Waals surface area contributed by atoms with Crippen LogP contribution in [-0.4, -0.2) is 36.1 Å². The summed E-state index contributed by atoms with van der Waals surface area (Å²) >= 11 is 0. The summed E-state index contributed by atoms with van der Waals surface area (Å²) in [5.74, 6) is 0. The summed E-state index contributed by atoms with van der Waals surface area (Å²) in [5.41, 5.74) is 0.282. The molecule has 2 rings (SSSR count). The Balaban J connectivity index is 2.08. The van der Waals surface area contributed by atoms with E-state index in [2.05, 4.69) is 31.0 Å². The van der Waals surface area contributed by atoms with Crippen molar-refractivity contribution < 1.29 is 13.2 Å². The van der Waals surface area contributed by atoms with E-state index in [9.17, 15) is 13.2 Å². The van der Waals surface area contributed by atoms with Gasteiger partial charge in [-0.25, -0.2) is 0 Å². The molecule has 1 aromatic rings. The SMILES string of the molecule is CN[C@@]1(CCc2cccc(C(F)(F)F)c2)CCCN(C(C)(C)C)C1. The average molecular weight is 342 g/mol. The van der Waals surface area contributed by atoms with Gasteiger partial charge in [-0.1, -0.05) is 18.2 Å². The summed E-state index contributed by atoms with van der Waals surface area (Å²) in [5, 5.41) is 3.47. The molecular weight excluding hydrogens is 313 g/mol. The van der Waals surface area contributed by atoms with Crippen LogP contribution in [-0.2, 0) is 12.6 Å². The first-order valence-electron chi connectivity index (χ1n) is 8.66. The third-order valence-electron chi connectivity index (χ3n) is 5.20. The van der Waals surface area contributed by atoms with Crippen LogP contribution in [0.2, 0.25) is 0 Å². The zero-order valence-electron chi connectivity index (χ0n) is 15.1. The van der Waals surface area contributed by atoms with Crippen molar-refractivity contribution in [3.05, 3.63) is 35.4 Å². The minimum atomic E-state index is -4.27. The van der Waals surface area contributed by atoms with E-state index in [0.29, 0.717) is 6.42 Å². The Kier molecular flexibility index (Phi) is 5.65. The number of hydrogen-bond donors (Lipinski definition) is 1. The number of likely N-dealkylation sites (N-methyl/N-ethyl adjacent to an activating group) is 1. The largest absolute Gasteiger partial charge is 0.416 e. The summed E-state index contributed by atoms with van der Waals surface area (Å²) in [6, 6.07) is 5.72. The highest BCUT2D eigenvalue weighted by Crippen LogP contribution is 2.32. The molecule has 0 saturated carbocycles. The maximum absolute atomic E-state index is 12.9. The molecule has 1 heterocycles. The second kappa shape index (κ2) is 7.04. The van der Waals surface area contributed by atoms with E-state index < -0.39 is 11.7 Å². The van der Waals surface area contributed by atoms with Crippen LogP contribution in [0, 0.1) is 0 Å². The number of nitrogens with zero attached hydrogens (tertiary/aromatic N) is 1. The van der Waals surface area contributed by atoms with Crippen molar-refractivity contribution in [1.29, 1.82) is 0 Å². The molecule has 0 spiro atoms. The van der Waals surface area contributed by atoms with Crippen molar-refractivity contribution in [1.82, 2.24) is 10.2 Å². The molecule has 0 unspecified atom stereocenters. The molecule has 0 radical (unpaired) electrons. The lowest BCUT2D eigenvalue weighted by Crippen LogP contribution is -2.60. The Hall–Kier alpha value is -1.07. The van der Waals surface area contributed by atoms with Gasteiger partial charge < -0.3 is 5.32 Å². The number of hydrogen-bond acceptors (Lipinski definition) is 2. The molecule has 1 atom stereocenters. The van der Waals surface area contributed by atoms with Crippen LogP contribution in [0.3, 0.4) is 0 Å². The number of alkyl halides is 3. The molecule has 2 nitrogen and oxygen atoms in total. The Labute approximate surface area is 143 Å². The molecule has 24 heavy (non-hydrogen) atoms. The van der Waals surface area contributed by atoms with Gasteiger partial charge in [0.25, 0.3) is 0 Å². The summed E-state index contributed by atoms with van der Waals surface area (Å²) in [4.78, 5) is 2.47. The lowest BCUT2D eigenvalue weighted by Gasteiger charge is -2.48. The van der Waals surface area contributed by atoms with Crippen molar-refractivity contribution in [2.75, 3.05) is 20.1 Å². The number of halogens is 3. The molecule has 5 heteroatoms. The van der Waals surface area contributed by atoms with E-state index in [4.69, 9.17) is 0 Å². The van der Waals surface area contributed by atoms with Crippen molar-refractivity contribution in [2.45, 2.75) is 63.7 Å². The highest BCUT2D eigenvalue weighted by molar-refractivity contribution is 5.26. The van der Waals surface area contributed by atoms with Gasteiger partial charge in [-0.3, -0.25) is 4.90 Å². The average Bonchev–Trinajstić information content (AvgIpc) is 2.52. The summed E-state index contributed by atoms with van der Waals surface area (Å²) in [6.45, 7) is 8.66. The summed E-state index contributed by atoms with van der Waals surface area (Å²) < 4.78 is 38.6. The van der Waals surface area contributed by atoms with Gasteiger partial charge in [0.2, 0.25) is 0 Å². The number of benzene rings is 1. The van der Waals surface area contributed by atoms with Gasteiger partial charge in [0, 0.05) is 17.6 Å². The first-order valence-corrected chi connectivity index (χ1v) is 8.66. The minimum Gasteiger partial charge on any atom is -0.313 e. The molecule has 136 valence electrons. The molecule has 0 bridgehead atoms. The molecule has 1 aliphatic rings. The van der Waals surface area contributed by atoms with Crippen molar-refractivity contribution in [3.63, 3.8) is 0 Å². The molecule has 1 fully saturated rings. The zero-order chi connectivity index (χ0) is 18.0. The fraction of sp³-hybridized carbons (Fsp3) is 0.684. The molecule has 0 aromatic heterocycles. The molecule has 0 aliphatic carbocycles. The Morgan fingerprint density at radius 3 is 2.50 bits per heavy atom. The minimum absolute atomic E-state index is 0.0280. The van der Waals surface area contributed by atoms with Gasteiger partial charge in [-0.15, -0.1) is 0 Å². The van der Waals surface area contributed by atoms with Gasteiger partial charge in [-0.2, -0.15) is 13.2 Å². The Morgan fingerprint density at radius 2 is 1.92 bits per heavy atom. The fourth-order valence-electron chi connectivity index (χ4n) is 3.52. The third-order valence-corrected chi connectivity index (χ3v) is 5.20. The predicted octanol–water partition coefficient (Wildman–Crippen LogP) is 4.49. The van der Waals surface area contributed by atoms with Gasteiger partial charge in [0.15, 0.2) is 0 Å². The van der Waals surface area contributed by atoms with E-state index in [0.717, 1.165) is 44.0 Å². The van der Waals surface area contributed by atoms with Crippen LogP contribution in [0.4, 0.5) is 13.2 Å². The maximum atomic E-state index is 12.9. The molecule has 1 aromatic carbocycles. The van der Waals surface area contributed by atoms with Crippen LogP contribution >= 0.6 is 0 Å². The molecule has 0 amide bonds. The second-order valence-electron chi connectivity index (χ2n) is 7.92. The van der Waals surface area contributed by atoms with Gasteiger partial charge in [0.05, 0.1) is 5.56 Å². The fourth-order valence-corrected chi connectivity index (χ4v) is 3.52. The quantitative estimate of drug-likeness (QED) is 0.867. The monoisotopic (exact) mass is 342 g/mol. The highest BCUT2D eigenvalue weighted by atomic mass is 19.4. The van der Waals surface area contributed by atoms with E-state index in [1.165, 1.54) is 12.1 Å². The third kappa shape index (κ3) is 4.73. The Morgan fingerprint density at radius 1 is 1.21 bits per heavy atom. The Bertz CT molecular complexity index is 548. The topological polar surface area (TPSA) is 15.3 Å². The standard InChI is InChI=1S/C19H29F3N2/c1-17(2,3)24-12-6-10-18(14-24,23-4)11-9-15-7-5-8-16(13-15)19(20,21)22/h5,7-8,13,23H,6,9-12,14H2,1-4H3/t18-/m1/s1. The first-order chi connectivity index (χ1) is 11.1. The van der Waals surface area contributed by atoms with Crippen molar-refractivity contribution in [2.24, 2.45) is 0 Å². The van der Waals surface area contributed by atoms with Crippen molar-refractivity contribution in [3.8, 4) is 0 Å². The molecular formula is C19H29F3N2. The first kappa shape index (κ1) is 19.3. The van der Waals surface area contributed by atoms with E-state index in [1.807, 2.05) is 7.05 Å². The normalized spacial score (nSPS) is 23.5. The predicted molar refractivity (Wildman–Crippen MR) is 92.1 cm³/mol. The number of likely N-dealkylation sites (tertiary alicyclic amines) is 1. The van der Waals surface area contributed by atoms with Gasteiger partial charge in [0.1, 0.15) is 0 Å². The van der Waals surface area contributed by atoms with E-state index in [1.54, 1.807) is 6.07 Å². The summed E-state index contributed by atoms with van der Waals surface area (Å²) in [6.07, 6.45) is -0.597. The van der Waals surface area contributed by atoms with Gasteiger partial charge >= 0.3 is 6.18 Å². The van der Waals surface area contributed by atoms with Crippen LogP contribution in [0.5, 0.6) is 0 Å². The second-order valence-corrected chi connectivity index (χ2v) is 7.92. The summed E-state index contributed by atoms with van der Waals surface area (Å²) in [7, 11) is 1.97. The van der Waals surface area contributed by atoms with Crippen LogP contribution in [0.25, 0.3) is 0 Å². The molecule has 1 saturated heterocycles. The highest BCUT2D eigenvalue weighted by Gasteiger charge is 2.37. The smallest absolute Gasteiger partial charge is 0.313 e. The van der Waals surface area contributed by atoms with E-state index in [-0.39, 0.29) is 11.1 Å². The lowest BCUT2D eigenvalue weighted by atomic mass is 9.82. The van der Waals surface area contributed by atoms with Crippen LogP contribution in [0.1, 0.15) is 51.2 Å². The molecule has 1 aliphatic heterocycles. The number of rotatable bonds is 4. The van der Waals surface area contributed by atoms with Crippen molar-refractivity contribution >= 4 is 0 Å². The molecule has 1 N–H and O–H groups in total. The maximum Gasteiger partial charge on any atom is 0.416 e. The van der Waals surface area contributed by atoms with E-state index >= 15 is 0 Å². The van der Waals surface area contributed by atoms with Crippen LogP contribution < -0.4 is 5.32 Å². The number of nitrogens with one attached hydrogen (secondary N) is 1. The zero-order valence-corrected chi connectivity index (χ0v) is 15.1. The number of aryl methyl sites for hydroxylation is 1. The lowest BCUT2D eigenvalue weighted by molar-refractivity contribution is -0.137. The van der Waals surface area contributed by atoms with Crippen LogP contribution in [0.15, 0.2) is 24.3 Å². The number of piperidine rings is 1. The van der Waals surface area contributed by atoms with Gasteiger partial charge in [-0.05, 0) is 71.7 Å².